The van der Waals surface area contributed by atoms with Crippen LogP contribution in [0.1, 0.15) is 613 Å². The number of hydrogen-bond donors (Lipinski definition) is 0. The van der Waals surface area contributed by atoms with E-state index in [0.29, 0.717) is 0 Å². The minimum atomic E-state index is 1.02. The third kappa shape index (κ3) is 83.5. The lowest BCUT2D eigenvalue weighted by Gasteiger charge is -2.20. The van der Waals surface area contributed by atoms with Crippen LogP contribution in [0.3, 0.4) is 0 Å². The molecule has 0 spiro atoms. The van der Waals surface area contributed by atoms with Crippen LogP contribution in [0.4, 0.5) is 0 Å². The summed E-state index contributed by atoms with van der Waals surface area (Å²) in [5.41, 5.74) is 0. The van der Waals surface area contributed by atoms with E-state index in [1.54, 1.807) is 12.8 Å². The fourth-order valence-corrected chi connectivity index (χ4v) is 17.8. The molecule has 0 heteroatoms. The Bertz CT molecular complexity index is 1340. The van der Waals surface area contributed by atoms with Crippen molar-refractivity contribution in [3.05, 3.63) is 0 Å². The quantitative estimate of drug-likeness (QED) is 0.0533. The zero-order valence-corrected chi connectivity index (χ0v) is 71.2. The van der Waals surface area contributed by atoms with E-state index in [0.717, 1.165) is 23.7 Å². The summed E-state index contributed by atoms with van der Waals surface area (Å²) in [5.74, 6) is 4.08. The van der Waals surface area contributed by atoms with Crippen LogP contribution in [-0.2, 0) is 0 Å². The van der Waals surface area contributed by atoms with Crippen LogP contribution in [0.5, 0.6) is 0 Å². The fourth-order valence-electron chi connectivity index (χ4n) is 17.8. The maximum Gasteiger partial charge on any atom is -0.0414 e. The van der Waals surface area contributed by atoms with Crippen LogP contribution in [0, 0.1) is 23.7 Å². The van der Waals surface area contributed by atoms with Crippen molar-refractivity contribution in [3.63, 3.8) is 0 Å². The van der Waals surface area contributed by atoms with E-state index in [2.05, 4.69) is 41.5 Å². The summed E-state index contributed by atoms with van der Waals surface area (Å²) in [6.07, 6.45) is 133. The molecular formula is C99H200. The fraction of sp³-hybridized carbons (Fsp3) is 1.00. The van der Waals surface area contributed by atoms with Gasteiger partial charge in [0.1, 0.15) is 0 Å². The first-order chi connectivity index (χ1) is 49.1. The summed E-state index contributed by atoms with van der Waals surface area (Å²) >= 11 is 0. The molecule has 596 valence electrons. The molecule has 0 aliphatic rings. The molecule has 0 aliphatic carbocycles. The molecule has 0 fully saturated rings. The standard InChI is InChI=1S/C99H200/c1-7-13-19-24-28-30-32-34-48-51-55-60-64-70-77-89-98(87-75-67-27-22-16-10-4)94-82-83-95-99(90-78-69-62-58-54-33-31-29-25-20-14-8-2)91-79-71-65-61-57-53-50-47-45-43-41-39-37-35-36-38-40-42-44-46-49-52-56-59-63-68-76-88-97(85-73-23-17-11-5)93-81-80-92-96(84-72-18-12-6)86-74-66-26-21-15-9-3/h96-99H,7-95H2,1-6H3. The molecule has 0 aromatic rings. The predicted molar refractivity (Wildman–Crippen MR) is 459 cm³/mol. The summed E-state index contributed by atoms with van der Waals surface area (Å²) in [4.78, 5) is 0. The van der Waals surface area contributed by atoms with Gasteiger partial charge in [0, 0.05) is 0 Å². The lowest BCUT2D eigenvalue weighted by molar-refractivity contribution is 0.337. The highest BCUT2D eigenvalue weighted by molar-refractivity contribution is 4.69. The molecule has 4 unspecified atom stereocenters. The van der Waals surface area contributed by atoms with Gasteiger partial charge < -0.3 is 0 Å². The summed E-state index contributed by atoms with van der Waals surface area (Å²) in [6.45, 7) is 14.1. The van der Waals surface area contributed by atoms with Gasteiger partial charge in [0.05, 0.1) is 0 Å². The average Bonchev–Trinajstić information content (AvgIpc) is 3.20. The first-order valence-corrected chi connectivity index (χ1v) is 49.1. The summed E-state index contributed by atoms with van der Waals surface area (Å²) in [5, 5.41) is 0. The van der Waals surface area contributed by atoms with E-state index in [1.165, 1.54) is 559 Å². The highest BCUT2D eigenvalue weighted by Gasteiger charge is 2.15. The molecule has 0 aromatic carbocycles. The molecule has 99 heavy (non-hydrogen) atoms. The van der Waals surface area contributed by atoms with Gasteiger partial charge in [0.25, 0.3) is 0 Å². The predicted octanol–water partition coefficient (Wildman–Crippen LogP) is 38.3. The van der Waals surface area contributed by atoms with Gasteiger partial charge in [-0.3, -0.25) is 0 Å². The van der Waals surface area contributed by atoms with E-state index in [1.807, 2.05) is 0 Å². The minimum absolute atomic E-state index is 1.02. The molecule has 0 aliphatic heterocycles. The Labute approximate surface area is 633 Å². The Balaban J connectivity index is 4.24. The molecule has 0 bridgehead atoms. The maximum atomic E-state index is 2.38. The van der Waals surface area contributed by atoms with Crippen molar-refractivity contribution in [2.24, 2.45) is 23.7 Å². The highest BCUT2D eigenvalue weighted by Crippen LogP contribution is 2.31. The van der Waals surface area contributed by atoms with Gasteiger partial charge in [0.2, 0.25) is 0 Å². The molecular weight excluding hydrogens is 1190 g/mol. The third-order valence-corrected chi connectivity index (χ3v) is 25.0. The summed E-state index contributed by atoms with van der Waals surface area (Å²) < 4.78 is 0. The molecule has 0 radical (unpaired) electrons. The van der Waals surface area contributed by atoms with Crippen molar-refractivity contribution in [3.8, 4) is 0 Å². The molecule has 0 N–H and O–H groups in total. The zero-order valence-electron chi connectivity index (χ0n) is 71.2. The van der Waals surface area contributed by atoms with Gasteiger partial charge in [-0.1, -0.05) is 613 Å². The average molecular weight is 1390 g/mol. The van der Waals surface area contributed by atoms with Gasteiger partial charge in [0.15, 0.2) is 0 Å². The van der Waals surface area contributed by atoms with Crippen molar-refractivity contribution in [2.75, 3.05) is 0 Å². The second kappa shape index (κ2) is 90.4. The smallest absolute Gasteiger partial charge is 0.0414 e. The van der Waals surface area contributed by atoms with E-state index in [9.17, 15) is 0 Å². The van der Waals surface area contributed by atoms with Crippen LogP contribution in [0.25, 0.3) is 0 Å². The Kier molecular flexibility index (Phi) is 90.4. The topological polar surface area (TPSA) is 0 Å². The van der Waals surface area contributed by atoms with Crippen molar-refractivity contribution < 1.29 is 0 Å². The van der Waals surface area contributed by atoms with Gasteiger partial charge in [-0.25, -0.2) is 0 Å². The number of rotatable bonds is 92. The molecule has 0 nitrogen and oxygen atoms in total. The van der Waals surface area contributed by atoms with E-state index in [4.69, 9.17) is 0 Å². The van der Waals surface area contributed by atoms with Crippen LogP contribution in [0.15, 0.2) is 0 Å². The zero-order chi connectivity index (χ0) is 71.2. The molecule has 0 saturated carbocycles. The van der Waals surface area contributed by atoms with Crippen LogP contribution < -0.4 is 0 Å². The first-order valence-electron chi connectivity index (χ1n) is 49.1. The Hall–Kier alpha value is 0. The normalized spacial score (nSPS) is 13.2. The van der Waals surface area contributed by atoms with E-state index < -0.39 is 0 Å². The van der Waals surface area contributed by atoms with Crippen molar-refractivity contribution in [1.29, 1.82) is 0 Å². The van der Waals surface area contributed by atoms with E-state index >= 15 is 0 Å². The highest BCUT2D eigenvalue weighted by atomic mass is 14.2. The van der Waals surface area contributed by atoms with Gasteiger partial charge in [-0.05, 0) is 23.7 Å². The molecule has 0 heterocycles. The SMILES string of the molecule is CCCCCCCCCCCCCCCCCC(CCCCCCCC)CCCCC(CCCCCCCCCCCCCC)CCCCCCCCCCCCCCCCCCCCCCCCCCCCCC(CCCCCC)CCCCC(CCCCC)CCCCCCCC. The second-order valence-corrected chi connectivity index (χ2v) is 35.0. The van der Waals surface area contributed by atoms with Gasteiger partial charge >= 0.3 is 0 Å². The second-order valence-electron chi connectivity index (χ2n) is 35.0. The number of hydrogen-bond acceptors (Lipinski definition) is 0. The molecule has 0 saturated heterocycles. The molecule has 4 atom stereocenters. The summed E-state index contributed by atoms with van der Waals surface area (Å²) in [7, 11) is 0. The molecule has 0 rings (SSSR count). The third-order valence-electron chi connectivity index (χ3n) is 25.0. The largest absolute Gasteiger partial charge is 0.0654 e. The van der Waals surface area contributed by atoms with E-state index in [-0.39, 0.29) is 0 Å². The minimum Gasteiger partial charge on any atom is -0.0654 e. The van der Waals surface area contributed by atoms with Crippen molar-refractivity contribution in [1.82, 2.24) is 0 Å². The van der Waals surface area contributed by atoms with Crippen molar-refractivity contribution >= 4 is 0 Å². The monoisotopic (exact) mass is 1390 g/mol. The Morgan fingerprint density at radius 1 is 0.0808 bits per heavy atom. The first kappa shape index (κ1) is 99.0. The van der Waals surface area contributed by atoms with Crippen molar-refractivity contribution in [2.45, 2.75) is 613 Å². The van der Waals surface area contributed by atoms with Gasteiger partial charge in [-0.2, -0.15) is 0 Å². The van der Waals surface area contributed by atoms with Gasteiger partial charge in [-0.15, -0.1) is 0 Å². The van der Waals surface area contributed by atoms with Crippen LogP contribution in [0.2, 0.25) is 0 Å². The molecule has 0 aromatic heterocycles. The Morgan fingerprint density at radius 3 is 0.253 bits per heavy atom. The molecule has 0 amide bonds. The lowest BCUT2D eigenvalue weighted by Crippen LogP contribution is -2.04. The Morgan fingerprint density at radius 2 is 0.141 bits per heavy atom. The number of unbranched alkanes of at least 4 members (excludes halogenated alkanes) is 68. The lowest BCUT2D eigenvalue weighted by atomic mass is 9.86. The maximum absolute atomic E-state index is 2.38. The van der Waals surface area contributed by atoms with Crippen LogP contribution >= 0.6 is 0 Å². The van der Waals surface area contributed by atoms with Crippen LogP contribution in [-0.4, -0.2) is 0 Å². The summed E-state index contributed by atoms with van der Waals surface area (Å²) in [6, 6.07) is 0.